The van der Waals surface area contributed by atoms with Gasteiger partial charge in [-0.25, -0.2) is 4.79 Å². The molecule has 1 aliphatic rings. The Hall–Kier alpha value is -2.04. The second-order valence-corrected chi connectivity index (χ2v) is 5.75. The number of carbonyl (C=O) groups is 1. The number of amides is 2. The topological polar surface area (TPSA) is 82.2 Å². The van der Waals surface area contributed by atoms with E-state index in [2.05, 4.69) is 5.32 Å². The van der Waals surface area contributed by atoms with E-state index in [-0.39, 0.29) is 11.9 Å². The normalized spacial score (nSPS) is 15.5. The minimum Gasteiger partial charge on any atom is -0.384 e. The smallest absolute Gasteiger partial charge is 0.317 e. The highest BCUT2D eigenvalue weighted by atomic mass is 16.2. The lowest BCUT2D eigenvalue weighted by Crippen LogP contribution is -2.43. The van der Waals surface area contributed by atoms with Crippen molar-refractivity contribution >= 4 is 11.9 Å². The minimum atomic E-state index is -0.0323. The fourth-order valence-corrected chi connectivity index (χ4v) is 2.71. The average molecular weight is 288 g/mol. The van der Waals surface area contributed by atoms with E-state index in [1.54, 1.807) is 18.0 Å². The first-order valence-electron chi connectivity index (χ1n) is 7.51. The van der Waals surface area contributed by atoms with Crippen molar-refractivity contribution in [3.63, 3.8) is 0 Å². The van der Waals surface area contributed by atoms with Gasteiger partial charge in [0.2, 0.25) is 0 Å². The monoisotopic (exact) mass is 288 g/mol. The van der Waals surface area contributed by atoms with Crippen LogP contribution >= 0.6 is 0 Å². The molecule has 5 heteroatoms. The Bertz CT molecular complexity index is 509. The first kappa shape index (κ1) is 15.4. The van der Waals surface area contributed by atoms with Crippen LogP contribution in [-0.2, 0) is 6.54 Å². The summed E-state index contributed by atoms with van der Waals surface area (Å²) < 4.78 is 0. The maximum Gasteiger partial charge on any atom is 0.317 e. The summed E-state index contributed by atoms with van der Waals surface area (Å²) in [4.78, 5) is 13.9. The van der Waals surface area contributed by atoms with E-state index in [1.165, 1.54) is 19.3 Å². The zero-order valence-electron chi connectivity index (χ0n) is 12.6. The van der Waals surface area contributed by atoms with Crippen LogP contribution in [0, 0.1) is 5.41 Å². The molecule has 0 unspecified atom stereocenters. The van der Waals surface area contributed by atoms with Gasteiger partial charge in [-0.05, 0) is 24.5 Å². The van der Waals surface area contributed by atoms with Crippen LogP contribution < -0.4 is 11.1 Å². The molecule has 4 N–H and O–H groups in total. The molecule has 1 saturated carbocycles. The van der Waals surface area contributed by atoms with Gasteiger partial charge in [-0.1, -0.05) is 37.5 Å². The third-order valence-corrected chi connectivity index (χ3v) is 3.94. The van der Waals surface area contributed by atoms with E-state index >= 15 is 0 Å². The summed E-state index contributed by atoms with van der Waals surface area (Å²) in [6, 6.07) is 7.74. The van der Waals surface area contributed by atoms with Gasteiger partial charge in [-0.2, -0.15) is 0 Å². The number of rotatable bonds is 4. The van der Waals surface area contributed by atoms with Crippen molar-refractivity contribution in [2.24, 2.45) is 5.73 Å². The van der Waals surface area contributed by atoms with Gasteiger partial charge in [-0.15, -0.1) is 0 Å². The standard InChI is InChI=1S/C16H24N4O/c1-20(16(21)19-14-8-3-2-4-9-14)11-12-6-5-7-13(10-12)15(17)18/h5-7,10,14H,2-4,8-9,11H2,1H3,(H3,17,18)(H,19,21). The number of amidine groups is 1. The fraction of sp³-hybridized carbons (Fsp3) is 0.500. The van der Waals surface area contributed by atoms with E-state index in [0.717, 1.165) is 18.4 Å². The van der Waals surface area contributed by atoms with Crippen molar-refractivity contribution in [2.45, 2.75) is 44.7 Å². The molecule has 5 nitrogen and oxygen atoms in total. The molecule has 0 saturated heterocycles. The van der Waals surface area contributed by atoms with Crippen LogP contribution in [0.1, 0.15) is 43.2 Å². The van der Waals surface area contributed by atoms with Crippen molar-refractivity contribution < 1.29 is 4.79 Å². The summed E-state index contributed by atoms with van der Waals surface area (Å²) in [6.45, 7) is 0.514. The second-order valence-electron chi connectivity index (χ2n) is 5.75. The molecule has 0 heterocycles. The van der Waals surface area contributed by atoms with Crippen LogP contribution in [0.15, 0.2) is 24.3 Å². The zero-order chi connectivity index (χ0) is 15.2. The fourth-order valence-electron chi connectivity index (χ4n) is 2.71. The van der Waals surface area contributed by atoms with Crippen LogP contribution in [0.5, 0.6) is 0 Å². The highest BCUT2D eigenvalue weighted by molar-refractivity contribution is 5.95. The van der Waals surface area contributed by atoms with E-state index in [4.69, 9.17) is 11.1 Å². The van der Waals surface area contributed by atoms with Crippen LogP contribution in [0.2, 0.25) is 0 Å². The first-order chi connectivity index (χ1) is 10.1. The van der Waals surface area contributed by atoms with Gasteiger partial charge >= 0.3 is 6.03 Å². The van der Waals surface area contributed by atoms with Crippen LogP contribution in [0.4, 0.5) is 4.79 Å². The van der Waals surface area contributed by atoms with Crippen LogP contribution in [0.25, 0.3) is 0 Å². The lowest BCUT2D eigenvalue weighted by molar-refractivity contribution is 0.198. The summed E-state index contributed by atoms with van der Waals surface area (Å²) in [6.07, 6.45) is 5.85. The molecular formula is C16H24N4O. The Morgan fingerprint density at radius 2 is 2.10 bits per heavy atom. The molecule has 0 bridgehead atoms. The average Bonchev–Trinajstić information content (AvgIpc) is 2.48. The largest absolute Gasteiger partial charge is 0.384 e. The van der Waals surface area contributed by atoms with Gasteiger partial charge in [0.15, 0.2) is 0 Å². The number of benzene rings is 1. The number of nitrogen functional groups attached to an aromatic ring is 1. The summed E-state index contributed by atoms with van der Waals surface area (Å²) in [7, 11) is 1.79. The predicted octanol–water partition coefficient (Wildman–Crippen LogP) is 2.44. The van der Waals surface area contributed by atoms with Crippen molar-refractivity contribution in [2.75, 3.05) is 7.05 Å². The van der Waals surface area contributed by atoms with Gasteiger partial charge < -0.3 is 16.0 Å². The van der Waals surface area contributed by atoms with Gasteiger partial charge in [-0.3, -0.25) is 5.41 Å². The molecule has 0 atom stereocenters. The second kappa shape index (κ2) is 7.11. The summed E-state index contributed by atoms with van der Waals surface area (Å²) in [5.41, 5.74) is 7.15. The maximum atomic E-state index is 12.2. The van der Waals surface area contributed by atoms with Crippen LogP contribution in [0.3, 0.4) is 0 Å². The molecule has 21 heavy (non-hydrogen) atoms. The molecule has 1 aromatic carbocycles. The molecule has 1 aliphatic carbocycles. The van der Waals surface area contributed by atoms with Gasteiger partial charge in [0.25, 0.3) is 0 Å². The molecule has 1 aromatic rings. The molecule has 114 valence electrons. The minimum absolute atomic E-state index is 0.0323. The first-order valence-corrected chi connectivity index (χ1v) is 7.51. The molecule has 0 spiro atoms. The number of urea groups is 1. The lowest BCUT2D eigenvalue weighted by atomic mass is 9.96. The van der Waals surface area contributed by atoms with Gasteiger partial charge in [0, 0.05) is 25.2 Å². The van der Waals surface area contributed by atoms with Crippen molar-refractivity contribution in [1.82, 2.24) is 10.2 Å². The van der Waals surface area contributed by atoms with E-state index < -0.39 is 0 Å². The highest BCUT2D eigenvalue weighted by Crippen LogP contribution is 2.17. The van der Waals surface area contributed by atoms with Gasteiger partial charge in [0.05, 0.1) is 0 Å². The maximum absolute atomic E-state index is 12.2. The third kappa shape index (κ3) is 4.48. The van der Waals surface area contributed by atoms with Crippen LogP contribution in [-0.4, -0.2) is 29.9 Å². The Labute approximate surface area is 126 Å². The van der Waals surface area contributed by atoms with Crippen molar-refractivity contribution in [3.05, 3.63) is 35.4 Å². The molecule has 1 fully saturated rings. The van der Waals surface area contributed by atoms with Crippen molar-refractivity contribution in [3.8, 4) is 0 Å². The number of hydrogen-bond acceptors (Lipinski definition) is 2. The molecular weight excluding hydrogens is 264 g/mol. The summed E-state index contributed by atoms with van der Waals surface area (Å²) >= 11 is 0. The molecule has 2 amide bonds. The predicted molar refractivity (Wildman–Crippen MR) is 84.3 cm³/mol. The number of hydrogen-bond donors (Lipinski definition) is 3. The van der Waals surface area contributed by atoms with Gasteiger partial charge in [0.1, 0.15) is 5.84 Å². The zero-order valence-corrected chi connectivity index (χ0v) is 12.6. The third-order valence-electron chi connectivity index (χ3n) is 3.94. The van der Waals surface area contributed by atoms with E-state index in [9.17, 15) is 4.79 Å². The molecule has 0 aromatic heterocycles. The Morgan fingerprint density at radius 1 is 1.38 bits per heavy atom. The number of nitrogens with one attached hydrogen (secondary N) is 2. The van der Waals surface area contributed by atoms with E-state index in [0.29, 0.717) is 18.2 Å². The number of carbonyl (C=O) groups excluding carboxylic acids is 1. The van der Waals surface area contributed by atoms with E-state index in [1.807, 2.05) is 18.2 Å². The number of nitrogens with zero attached hydrogens (tertiary/aromatic N) is 1. The number of nitrogens with two attached hydrogens (primary N) is 1. The Morgan fingerprint density at radius 3 is 2.76 bits per heavy atom. The van der Waals surface area contributed by atoms with Crippen molar-refractivity contribution in [1.29, 1.82) is 5.41 Å². The Kier molecular flexibility index (Phi) is 5.20. The quantitative estimate of drug-likeness (QED) is 0.587. The molecule has 0 radical (unpaired) electrons. The SMILES string of the molecule is CN(Cc1cccc(C(=N)N)c1)C(=O)NC1CCCCC1. The summed E-state index contributed by atoms with van der Waals surface area (Å²) in [5.74, 6) is 0.0474. The Balaban J connectivity index is 1.90. The molecule has 0 aliphatic heterocycles. The highest BCUT2D eigenvalue weighted by Gasteiger charge is 2.17. The molecule has 2 rings (SSSR count). The summed E-state index contributed by atoms with van der Waals surface area (Å²) in [5, 5.41) is 10.6. The lowest BCUT2D eigenvalue weighted by Gasteiger charge is -2.26.